The van der Waals surface area contributed by atoms with E-state index in [9.17, 15) is 0 Å². The summed E-state index contributed by atoms with van der Waals surface area (Å²) in [6.07, 6.45) is 1.04. The molecule has 0 fully saturated rings. The van der Waals surface area contributed by atoms with Crippen molar-refractivity contribution in [2.24, 2.45) is 11.1 Å². The Morgan fingerprint density at radius 2 is 2.00 bits per heavy atom. The second-order valence-electron chi connectivity index (χ2n) is 5.23. The number of nitrogens with one attached hydrogen (secondary N) is 1. The third kappa shape index (κ3) is 2.78. The number of aromatic amines is 1. The molecular weight excluding hydrogens is 188 g/mol. The highest BCUT2D eigenvalue weighted by Crippen LogP contribution is 2.28. The summed E-state index contributed by atoms with van der Waals surface area (Å²) in [7, 11) is 0. The van der Waals surface area contributed by atoms with Gasteiger partial charge in [-0.05, 0) is 11.8 Å². The van der Waals surface area contributed by atoms with Crippen molar-refractivity contribution in [3.63, 3.8) is 0 Å². The van der Waals surface area contributed by atoms with Crippen molar-refractivity contribution >= 4 is 0 Å². The van der Waals surface area contributed by atoms with Gasteiger partial charge in [-0.15, -0.1) is 0 Å². The number of hydrogen-bond donors (Lipinski definition) is 2. The molecule has 15 heavy (non-hydrogen) atoms. The van der Waals surface area contributed by atoms with E-state index in [4.69, 9.17) is 5.73 Å². The van der Waals surface area contributed by atoms with Gasteiger partial charge in [0.25, 0.3) is 0 Å². The summed E-state index contributed by atoms with van der Waals surface area (Å²) in [6, 6.07) is -0.0946. The molecule has 0 aromatic carbocycles. The molecule has 3 N–H and O–H groups in total. The van der Waals surface area contributed by atoms with Gasteiger partial charge in [0.2, 0.25) is 0 Å². The Labute approximate surface area is 91.7 Å². The van der Waals surface area contributed by atoms with E-state index in [0.717, 1.165) is 18.1 Å². The molecule has 1 rings (SSSR count). The number of H-pyrrole nitrogens is 1. The minimum Gasteiger partial charge on any atom is -0.321 e. The van der Waals surface area contributed by atoms with Crippen LogP contribution in [-0.2, 0) is 0 Å². The first kappa shape index (κ1) is 12.2. The largest absolute Gasteiger partial charge is 0.321 e. The Balaban J connectivity index is 2.85. The first-order chi connectivity index (χ1) is 6.86. The van der Waals surface area contributed by atoms with Crippen molar-refractivity contribution in [1.82, 2.24) is 15.2 Å². The van der Waals surface area contributed by atoms with E-state index in [2.05, 4.69) is 49.8 Å². The van der Waals surface area contributed by atoms with Gasteiger partial charge in [-0.25, -0.2) is 4.98 Å². The smallest absolute Gasteiger partial charge is 0.153 e. The third-order valence-corrected chi connectivity index (χ3v) is 2.80. The maximum atomic E-state index is 6.09. The van der Waals surface area contributed by atoms with Crippen LogP contribution in [0.25, 0.3) is 0 Å². The maximum absolute atomic E-state index is 6.09. The van der Waals surface area contributed by atoms with E-state index >= 15 is 0 Å². The van der Waals surface area contributed by atoms with E-state index in [1.807, 2.05) is 0 Å². The highest BCUT2D eigenvalue weighted by Gasteiger charge is 2.25. The summed E-state index contributed by atoms with van der Waals surface area (Å²) in [4.78, 5) is 4.46. The highest BCUT2D eigenvalue weighted by molar-refractivity contribution is 5.02. The van der Waals surface area contributed by atoms with Gasteiger partial charge in [-0.3, -0.25) is 5.10 Å². The van der Waals surface area contributed by atoms with E-state index in [1.165, 1.54) is 0 Å². The molecule has 1 aromatic rings. The van der Waals surface area contributed by atoms with Crippen LogP contribution in [0.1, 0.15) is 64.6 Å². The van der Waals surface area contributed by atoms with Gasteiger partial charge < -0.3 is 5.73 Å². The molecule has 0 saturated carbocycles. The molecule has 0 aliphatic rings. The molecule has 0 aliphatic carbocycles. The van der Waals surface area contributed by atoms with Gasteiger partial charge in [0, 0.05) is 5.92 Å². The van der Waals surface area contributed by atoms with Gasteiger partial charge >= 0.3 is 0 Å². The fourth-order valence-corrected chi connectivity index (χ4v) is 1.24. The first-order valence-corrected chi connectivity index (χ1v) is 5.54. The lowest BCUT2D eigenvalue weighted by Gasteiger charge is -2.24. The van der Waals surface area contributed by atoms with Gasteiger partial charge in [-0.1, -0.05) is 34.6 Å². The van der Waals surface area contributed by atoms with Gasteiger partial charge in [-0.2, -0.15) is 5.10 Å². The lowest BCUT2D eigenvalue weighted by Crippen LogP contribution is -2.27. The molecule has 0 radical (unpaired) electrons. The Bertz CT molecular complexity index is 311. The molecule has 1 unspecified atom stereocenters. The van der Waals surface area contributed by atoms with E-state index in [1.54, 1.807) is 0 Å². The molecule has 86 valence electrons. The predicted octanol–water partition coefficient (Wildman–Crippen LogP) is 2.36. The quantitative estimate of drug-likeness (QED) is 0.804. The molecular formula is C11H22N4. The van der Waals surface area contributed by atoms with Crippen molar-refractivity contribution in [3.8, 4) is 0 Å². The second kappa shape index (κ2) is 4.31. The molecule has 2 atom stereocenters. The summed E-state index contributed by atoms with van der Waals surface area (Å²) in [5.41, 5.74) is 6.10. The molecule has 0 bridgehead atoms. The van der Waals surface area contributed by atoms with Crippen LogP contribution in [0.2, 0.25) is 0 Å². The molecule has 1 aromatic heterocycles. The van der Waals surface area contributed by atoms with Gasteiger partial charge in [0.1, 0.15) is 5.82 Å². The van der Waals surface area contributed by atoms with Crippen molar-refractivity contribution in [2.45, 2.75) is 53.0 Å². The molecule has 0 aliphatic heterocycles. The predicted molar refractivity (Wildman–Crippen MR) is 61.5 cm³/mol. The van der Waals surface area contributed by atoms with Crippen LogP contribution in [0.3, 0.4) is 0 Å². The standard InChI is InChI=1S/C11H22N4/c1-6-7(2)9-13-10(15-14-9)8(12)11(3,4)5/h7-8H,6,12H2,1-5H3,(H,13,14,15)/t7?,8-/m0/s1. The molecule has 4 nitrogen and oxygen atoms in total. The second-order valence-corrected chi connectivity index (χ2v) is 5.23. The first-order valence-electron chi connectivity index (χ1n) is 5.54. The fourth-order valence-electron chi connectivity index (χ4n) is 1.24. The monoisotopic (exact) mass is 210 g/mol. The summed E-state index contributed by atoms with van der Waals surface area (Å²) >= 11 is 0. The Hall–Kier alpha value is -0.900. The van der Waals surface area contributed by atoms with Crippen LogP contribution in [0, 0.1) is 5.41 Å². The minimum atomic E-state index is -0.0946. The van der Waals surface area contributed by atoms with E-state index in [-0.39, 0.29) is 11.5 Å². The Morgan fingerprint density at radius 1 is 1.40 bits per heavy atom. The van der Waals surface area contributed by atoms with Crippen LogP contribution in [0.4, 0.5) is 0 Å². The molecule has 1 heterocycles. The number of nitrogens with zero attached hydrogens (tertiary/aromatic N) is 2. The number of aromatic nitrogens is 3. The average Bonchev–Trinajstić information content (AvgIpc) is 2.62. The summed E-state index contributed by atoms with van der Waals surface area (Å²) in [6.45, 7) is 10.6. The van der Waals surface area contributed by atoms with Crippen LogP contribution >= 0.6 is 0 Å². The van der Waals surface area contributed by atoms with Crippen LogP contribution in [-0.4, -0.2) is 15.2 Å². The Kier molecular flexibility index (Phi) is 3.50. The zero-order valence-electron chi connectivity index (χ0n) is 10.3. The SMILES string of the molecule is CCC(C)c1n[nH]c([C@H](N)C(C)(C)C)n1. The normalized spacial score (nSPS) is 16.4. The van der Waals surface area contributed by atoms with Crippen LogP contribution in [0.15, 0.2) is 0 Å². The average molecular weight is 210 g/mol. The van der Waals surface area contributed by atoms with Crippen molar-refractivity contribution in [2.75, 3.05) is 0 Å². The lowest BCUT2D eigenvalue weighted by atomic mass is 9.87. The van der Waals surface area contributed by atoms with Gasteiger partial charge in [0.15, 0.2) is 5.82 Å². The van der Waals surface area contributed by atoms with E-state index < -0.39 is 0 Å². The zero-order valence-corrected chi connectivity index (χ0v) is 10.3. The fraction of sp³-hybridized carbons (Fsp3) is 0.818. The summed E-state index contributed by atoms with van der Waals surface area (Å²) in [5.74, 6) is 2.05. The molecule has 0 saturated heterocycles. The van der Waals surface area contributed by atoms with Crippen LogP contribution in [0.5, 0.6) is 0 Å². The minimum absolute atomic E-state index is 0.00621. The van der Waals surface area contributed by atoms with Crippen LogP contribution < -0.4 is 5.73 Å². The number of rotatable bonds is 3. The zero-order chi connectivity index (χ0) is 11.6. The van der Waals surface area contributed by atoms with Crippen molar-refractivity contribution in [3.05, 3.63) is 11.6 Å². The third-order valence-electron chi connectivity index (χ3n) is 2.80. The molecule has 4 heteroatoms. The lowest BCUT2D eigenvalue weighted by molar-refractivity contribution is 0.315. The maximum Gasteiger partial charge on any atom is 0.153 e. The molecule has 0 amide bonds. The number of nitrogens with two attached hydrogens (primary N) is 1. The summed E-state index contributed by atoms with van der Waals surface area (Å²) in [5, 5.41) is 7.15. The Morgan fingerprint density at radius 3 is 2.47 bits per heavy atom. The highest BCUT2D eigenvalue weighted by atomic mass is 15.2. The van der Waals surface area contributed by atoms with Gasteiger partial charge in [0.05, 0.1) is 6.04 Å². The molecule has 0 spiro atoms. The van der Waals surface area contributed by atoms with Crippen molar-refractivity contribution < 1.29 is 0 Å². The topological polar surface area (TPSA) is 67.6 Å². The number of hydrogen-bond acceptors (Lipinski definition) is 3. The summed E-state index contributed by atoms with van der Waals surface area (Å²) < 4.78 is 0. The van der Waals surface area contributed by atoms with Crippen molar-refractivity contribution in [1.29, 1.82) is 0 Å². The van der Waals surface area contributed by atoms with E-state index in [0.29, 0.717) is 5.92 Å².